The van der Waals surface area contributed by atoms with Gasteiger partial charge in [-0.3, -0.25) is 38.4 Å². The number of carbonyl (C=O) groups is 10. The van der Waals surface area contributed by atoms with E-state index in [2.05, 4.69) is 37.2 Å². The van der Waals surface area contributed by atoms with Gasteiger partial charge in [0.05, 0.1) is 26.2 Å². The second kappa shape index (κ2) is 32.7. The third-order valence-electron chi connectivity index (χ3n) is 12.7. The molecule has 1 fully saturated rings. The molecule has 422 valence electrons. The van der Waals surface area contributed by atoms with Crippen molar-refractivity contribution >= 4 is 59.4 Å². The molecule has 0 saturated carbocycles. The van der Waals surface area contributed by atoms with Crippen LogP contribution in [0.5, 0.6) is 0 Å². The lowest BCUT2D eigenvalue weighted by Gasteiger charge is -2.28. The van der Waals surface area contributed by atoms with Crippen molar-refractivity contribution in [1.29, 1.82) is 0 Å². The van der Waals surface area contributed by atoms with Crippen molar-refractivity contribution in [3.05, 3.63) is 144 Å². The number of benzene rings is 4. The molecule has 22 heteroatoms. The summed E-state index contributed by atoms with van der Waals surface area (Å²) in [6.45, 7) is -1.73. The monoisotopic (exact) mass is 1090 g/mol. The van der Waals surface area contributed by atoms with Gasteiger partial charge in [0.15, 0.2) is 0 Å². The van der Waals surface area contributed by atoms with Gasteiger partial charge in [-0.25, -0.2) is 9.59 Å². The van der Waals surface area contributed by atoms with Crippen molar-refractivity contribution in [3.8, 4) is 0 Å². The van der Waals surface area contributed by atoms with E-state index in [-0.39, 0.29) is 64.8 Å². The molecule has 0 aliphatic carbocycles. The first-order valence-electron chi connectivity index (χ1n) is 26.2. The number of nitrogens with one attached hydrogen (secondary N) is 7. The minimum Gasteiger partial charge on any atom is -0.445 e. The van der Waals surface area contributed by atoms with Gasteiger partial charge in [0.25, 0.3) is 0 Å². The average molecular weight is 1090 g/mol. The predicted octanol–water partition coefficient (Wildman–Crippen LogP) is 2.11. The van der Waals surface area contributed by atoms with Crippen molar-refractivity contribution in [2.75, 3.05) is 60.4 Å². The Balaban J connectivity index is 1.36. The number of hydrogen-bond acceptors (Lipinski definition) is 12. The van der Waals surface area contributed by atoms with Gasteiger partial charge < -0.3 is 61.4 Å². The Kier molecular flexibility index (Phi) is 25.3. The summed E-state index contributed by atoms with van der Waals surface area (Å²) < 4.78 is 10.6. The standard InChI is InChI=1S/C57H72N10O12/c1-65-35-49(69)61-45(29-17-19-31-59-57(77)79-39-43-26-14-7-15-27-43)53(73)63-44(28-16-18-30-58-56(76)78-38-42-24-12-6-13-25-42)52(72)60-34-48(68)62-46(32-40-20-8-4-9-21-40)54(74)64-47(33-41-22-10-5-11-23-41)55(75)67(3)37-51(71)66(2)36-50(65)70/h4-15,20-27,44-47H,16-19,28-39H2,1-3H3,(H,58,76)(H,59,77)(H,60,72)(H,61,69)(H,62,68)(H,63,73)(H,64,74)/t44-,45-,46-,47-/m0/s1. The maximum absolute atomic E-state index is 14.3. The minimum atomic E-state index is -1.29. The SMILES string of the molecule is CN1CC(=O)N[C@@H](CCCCNC(=O)OCc2ccccc2)C(=O)N[C@@H](CCCCNC(=O)OCc2ccccc2)C(=O)NCC(=O)N[C@@H](Cc2ccccc2)C(=O)N[C@@H](Cc2ccccc2)C(=O)N(C)CC(=O)N(C)CC1=O. The van der Waals surface area contributed by atoms with E-state index in [0.29, 0.717) is 24.0 Å². The van der Waals surface area contributed by atoms with Crippen LogP contribution in [-0.4, -0.2) is 159 Å². The van der Waals surface area contributed by atoms with Crippen molar-refractivity contribution in [3.63, 3.8) is 0 Å². The molecule has 79 heavy (non-hydrogen) atoms. The summed E-state index contributed by atoms with van der Waals surface area (Å²) in [6, 6.07) is 30.8. The first kappa shape index (κ1) is 61.0. The highest BCUT2D eigenvalue weighted by molar-refractivity contribution is 5.97. The molecule has 7 N–H and O–H groups in total. The Bertz CT molecular complexity index is 2650. The number of amides is 10. The summed E-state index contributed by atoms with van der Waals surface area (Å²) >= 11 is 0. The minimum absolute atomic E-state index is 0.00338. The molecular formula is C57H72N10O12. The van der Waals surface area contributed by atoms with Crippen LogP contribution in [0.15, 0.2) is 121 Å². The molecule has 0 aromatic heterocycles. The van der Waals surface area contributed by atoms with Crippen molar-refractivity contribution in [2.24, 2.45) is 0 Å². The van der Waals surface area contributed by atoms with E-state index in [1.165, 1.54) is 21.1 Å². The maximum Gasteiger partial charge on any atom is 0.407 e. The fourth-order valence-corrected chi connectivity index (χ4v) is 8.23. The van der Waals surface area contributed by atoms with Gasteiger partial charge >= 0.3 is 12.2 Å². The average Bonchev–Trinajstić information content (AvgIpc) is 3.44. The molecule has 4 aromatic carbocycles. The number of unbranched alkanes of at least 4 members (excludes halogenated alkanes) is 2. The summed E-state index contributed by atoms with van der Waals surface area (Å²) in [5.41, 5.74) is 2.95. The maximum atomic E-state index is 14.3. The van der Waals surface area contributed by atoms with E-state index >= 15 is 0 Å². The lowest BCUT2D eigenvalue weighted by molar-refractivity contribution is -0.144. The Morgan fingerprint density at radius 3 is 1.34 bits per heavy atom. The molecule has 5 rings (SSSR count). The molecule has 1 heterocycles. The summed E-state index contributed by atoms with van der Waals surface area (Å²) in [5.74, 6) is -5.70. The van der Waals surface area contributed by atoms with Crippen LogP contribution in [0.2, 0.25) is 0 Å². The first-order valence-corrected chi connectivity index (χ1v) is 26.2. The molecule has 0 spiro atoms. The van der Waals surface area contributed by atoms with Gasteiger partial charge in [-0.2, -0.15) is 0 Å². The highest BCUT2D eigenvalue weighted by Crippen LogP contribution is 2.11. The summed E-state index contributed by atoms with van der Waals surface area (Å²) in [4.78, 5) is 139. The second-order valence-corrected chi connectivity index (χ2v) is 19.1. The number of carbonyl (C=O) groups excluding carboxylic acids is 10. The van der Waals surface area contributed by atoms with Crippen molar-refractivity contribution < 1.29 is 57.4 Å². The molecule has 0 bridgehead atoms. The third kappa shape index (κ3) is 22.4. The Morgan fingerprint density at radius 1 is 0.456 bits per heavy atom. The summed E-state index contributed by atoms with van der Waals surface area (Å²) in [5, 5.41) is 18.8. The number of alkyl carbamates (subject to hydrolysis) is 2. The van der Waals surface area contributed by atoms with Crippen LogP contribution < -0.4 is 37.2 Å². The van der Waals surface area contributed by atoms with Gasteiger partial charge in [0.2, 0.25) is 47.3 Å². The van der Waals surface area contributed by atoms with Crippen LogP contribution in [0.4, 0.5) is 9.59 Å². The Morgan fingerprint density at radius 2 is 0.848 bits per heavy atom. The molecule has 4 atom stereocenters. The molecule has 1 aliphatic rings. The van der Waals surface area contributed by atoms with E-state index in [1.54, 1.807) is 60.7 Å². The molecule has 0 radical (unpaired) electrons. The zero-order chi connectivity index (χ0) is 56.9. The van der Waals surface area contributed by atoms with Gasteiger partial charge in [-0.05, 0) is 60.8 Å². The number of likely N-dealkylation sites (N-methyl/N-ethyl adjacent to an activating group) is 3. The highest BCUT2D eigenvalue weighted by Gasteiger charge is 2.32. The zero-order valence-corrected chi connectivity index (χ0v) is 44.9. The van der Waals surface area contributed by atoms with Crippen molar-refractivity contribution in [2.45, 2.75) is 88.7 Å². The third-order valence-corrected chi connectivity index (χ3v) is 12.7. The fourth-order valence-electron chi connectivity index (χ4n) is 8.23. The number of rotatable bonds is 18. The van der Waals surface area contributed by atoms with Crippen LogP contribution >= 0.6 is 0 Å². The molecular weight excluding hydrogens is 1020 g/mol. The fraction of sp³-hybridized carbons (Fsp3) is 0.404. The predicted molar refractivity (Wildman–Crippen MR) is 291 cm³/mol. The number of ether oxygens (including phenoxy) is 2. The van der Waals surface area contributed by atoms with E-state index < -0.39 is 110 Å². The molecule has 22 nitrogen and oxygen atoms in total. The van der Waals surface area contributed by atoms with Gasteiger partial charge in [0.1, 0.15) is 37.4 Å². The lowest BCUT2D eigenvalue weighted by Crippen LogP contribution is -2.58. The molecule has 4 aromatic rings. The van der Waals surface area contributed by atoms with Crippen LogP contribution in [0.25, 0.3) is 0 Å². The van der Waals surface area contributed by atoms with Crippen LogP contribution in [0.1, 0.15) is 60.8 Å². The molecule has 1 saturated heterocycles. The molecule has 10 amide bonds. The number of nitrogens with zero attached hydrogens (tertiary/aromatic N) is 3. The summed E-state index contributed by atoms with van der Waals surface area (Å²) in [7, 11) is 4.08. The molecule has 0 unspecified atom stereocenters. The lowest BCUT2D eigenvalue weighted by atomic mass is 10.0. The second-order valence-electron chi connectivity index (χ2n) is 19.1. The van der Waals surface area contributed by atoms with Gasteiger partial charge in [-0.1, -0.05) is 121 Å². The smallest absolute Gasteiger partial charge is 0.407 e. The molecule has 1 aliphatic heterocycles. The quantitative estimate of drug-likeness (QED) is 0.0706. The Hall–Kier alpha value is -8.82. The normalized spacial score (nSPS) is 18.7. The van der Waals surface area contributed by atoms with Crippen LogP contribution in [0, 0.1) is 0 Å². The van der Waals surface area contributed by atoms with Crippen molar-refractivity contribution in [1.82, 2.24) is 51.9 Å². The van der Waals surface area contributed by atoms with E-state index in [4.69, 9.17) is 9.47 Å². The zero-order valence-electron chi connectivity index (χ0n) is 44.9. The van der Waals surface area contributed by atoms with Crippen LogP contribution in [0.3, 0.4) is 0 Å². The Labute approximate surface area is 460 Å². The van der Waals surface area contributed by atoms with E-state index in [0.717, 1.165) is 25.8 Å². The van der Waals surface area contributed by atoms with Gasteiger partial charge in [-0.15, -0.1) is 0 Å². The largest absolute Gasteiger partial charge is 0.445 e. The van der Waals surface area contributed by atoms with E-state index in [9.17, 15) is 47.9 Å². The van der Waals surface area contributed by atoms with Gasteiger partial charge in [0, 0.05) is 47.1 Å². The highest BCUT2D eigenvalue weighted by atomic mass is 16.6. The van der Waals surface area contributed by atoms with E-state index in [1.807, 2.05) is 60.7 Å². The first-order chi connectivity index (χ1) is 38.0. The summed E-state index contributed by atoms with van der Waals surface area (Å²) in [6.07, 6.45) is -0.0642. The number of hydrogen-bond donors (Lipinski definition) is 7. The van der Waals surface area contributed by atoms with Crippen LogP contribution in [-0.2, 0) is 73.9 Å². The topological polar surface area (TPSA) is 283 Å².